The molecule has 0 aliphatic carbocycles. The van der Waals surface area contributed by atoms with E-state index in [4.69, 9.17) is 9.72 Å². The predicted molar refractivity (Wildman–Crippen MR) is 157 cm³/mol. The van der Waals surface area contributed by atoms with Crippen LogP contribution in [0.15, 0.2) is 68.2 Å². The molecule has 3 heterocycles. The summed E-state index contributed by atoms with van der Waals surface area (Å²) in [5, 5.41) is 3.42. The van der Waals surface area contributed by atoms with E-state index in [-0.39, 0.29) is 16.3 Å². The lowest BCUT2D eigenvalue weighted by Gasteiger charge is -2.20. The van der Waals surface area contributed by atoms with Crippen molar-refractivity contribution in [2.75, 3.05) is 19.7 Å². The summed E-state index contributed by atoms with van der Waals surface area (Å²) in [5.41, 5.74) is 3.24. The minimum absolute atomic E-state index is 0.0544. The van der Waals surface area contributed by atoms with Gasteiger partial charge in [-0.1, -0.05) is 43.7 Å². The maximum atomic E-state index is 14.3. The zero-order valence-corrected chi connectivity index (χ0v) is 23.8. The molecule has 2 aromatic heterocycles. The lowest BCUT2D eigenvalue weighted by atomic mass is 10.0. The molecular formula is C29H32N6O4S. The molecule has 11 heteroatoms. The minimum Gasteiger partial charge on any atom is -0.493 e. The fraction of sp³-hybridized carbons (Fsp3) is 0.345. The Bertz CT molecular complexity index is 1790. The summed E-state index contributed by atoms with van der Waals surface area (Å²) in [6.07, 6.45) is 1.49. The second-order valence-electron chi connectivity index (χ2n) is 9.60. The maximum Gasteiger partial charge on any atom is 0.277 e. The van der Waals surface area contributed by atoms with Crippen molar-refractivity contribution in [1.82, 2.24) is 19.7 Å². The summed E-state index contributed by atoms with van der Waals surface area (Å²) in [6, 6.07) is 13.9. The number of rotatable bonds is 8. The van der Waals surface area contributed by atoms with Crippen molar-refractivity contribution in [2.45, 2.75) is 43.8 Å². The summed E-state index contributed by atoms with van der Waals surface area (Å²) < 4.78 is 36.0. The van der Waals surface area contributed by atoms with Gasteiger partial charge in [0.1, 0.15) is 22.3 Å². The minimum atomic E-state index is -4.01. The molecule has 0 spiro atoms. The molecule has 10 nitrogen and oxygen atoms in total. The van der Waals surface area contributed by atoms with Crippen LogP contribution in [0.2, 0.25) is 0 Å². The highest BCUT2D eigenvalue weighted by molar-refractivity contribution is 7.93. The van der Waals surface area contributed by atoms with E-state index in [0.717, 1.165) is 12.0 Å². The third-order valence-corrected chi connectivity index (χ3v) is 8.93. The van der Waals surface area contributed by atoms with E-state index in [2.05, 4.69) is 20.1 Å². The molecule has 40 heavy (non-hydrogen) atoms. The highest BCUT2D eigenvalue weighted by atomic mass is 32.2. The fourth-order valence-corrected chi connectivity index (χ4v) is 6.89. The molecule has 1 atom stereocenters. The van der Waals surface area contributed by atoms with Gasteiger partial charge < -0.3 is 9.72 Å². The van der Waals surface area contributed by atoms with E-state index in [1.807, 2.05) is 44.2 Å². The number of fused-ring (bicyclic) bond motifs is 1. The number of hydrogen-bond donors (Lipinski definition) is 1. The van der Waals surface area contributed by atoms with Gasteiger partial charge in [-0.05, 0) is 44.0 Å². The Hall–Kier alpha value is -4.12. The average molecular weight is 561 g/mol. The van der Waals surface area contributed by atoms with Crippen LogP contribution in [0.25, 0.3) is 22.4 Å². The van der Waals surface area contributed by atoms with Gasteiger partial charge in [0.2, 0.25) is 0 Å². The fourth-order valence-electron chi connectivity index (χ4n) is 5.05. The van der Waals surface area contributed by atoms with Crippen LogP contribution in [-0.2, 0) is 23.3 Å². The summed E-state index contributed by atoms with van der Waals surface area (Å²) in [7, 11) is -2.30. The quantitative estimate of drug-likeness (QED) is 0.349. The van der Waals surface area contributed by atoms with Crippen molar-refractivity contribution in [3.8, 4) is 17.1 Å². The zero-order valence-electron chi connectivity index (χ0n) is 23.0. The zero-order chi connectivity index (χ0) is 28.4. The monoisotopic (exact) mass is 560 g/mol. The molecule has 0 fully saturated rings. The normalized spacial score (nSPS) is 15.9. The van der Waals surface area contributed by atoms with Gasteiger partial charge in [0, 0.05) is 12.8 Å². The molecule has 0 amide bonds. The van der Waals surface area contributed by atoms with Crippen LogP contribution in [0.3, 0.4) is 0 Å². The molecule has 1 N–H and O–H groups in total. The summed E-state index contributed by atoms with van der Waals surface area (Å²) in [4.78, 5) is 29.9. The first-order valence-electron chi connectivity index (χ1n) is 13.3. The molecule has 0 saturated carbocycles. The third-order valence-electron chi connectivity index (χ3n) is 6.83. The van der Waals surface area contributed by atoms with Crippen LogP contribution in [0, 0.1) is 0 Å². The molecule has 0 radical (unpaired) electrons. The topological polar surface area (TPSA) is 132 Å². The lowest BCUT2D eigenvalue weighted by Crippen LogP contribution is -2.37. The second kappa shape index (κ2) is 11.2. The molecule has 1 aliphatic heterocycles. The van der Waals surface area contributed by atoms with Gasteiger partial charge in [-0.2, -0.15) is 5.10 Å². The molecule has 1 aliphatic rings. The lowest BCUT2D eigenvalue weighted by molar-refractivity contribution is 0.341. The Morgan fingerprint density at radius 1 is 1.07 bits per heavy atom. The number of aryl methyl sites for hydroxylation is 2. The van der Waals surface area contributed by atoms with Gasteiger partial charge in [-0.15, -0.1) is 0 Å². The number of ether oxygens (including phenoxy) is 1. The van der Waals surface area contributed by atoms with Crippen molar-refractivity contribution in [3.63, 3.8) is 0 Å². The Labute approximate surface area is 232 Å². The highest BCUT2D eigenvalue weighted by Crippen LogP contribution is 2.33. The van der Waals surface area contributed by atoms with E-state index in [0.29, 0.717) is 65.6 Å². The number of H-pyrrole nitrogens is 1. The van der Waals surface area contributed by atoms with Crippen LogP contribution < -0.4 is 10.3 Å². The average Bonchev–Trinajstić information content (AvgIpc) is 3.12. The van der Waals surface area contributed by atoms with Crippen molar-refractivity contribution in [1.29, 1.82) is 0 Å². The molecule has 1 unspecified atom stereocenters. The first kappa shape index (κ1) is 27.4. The van der Waals surface area contributed by atoms with Gasteiger partial charge in [0.25, 0.3) is 5.56 Å². The molecular weight excluding hydrogens is 528 g/mol. The summed E-state index contributed by atoms with van der Waals surface area (Å²) in [5.74, 6) is 0.625. The number of benzene rings is 2. The van der Waals surface area contributed by atoms with Gasteiger partial charge in [-0.25, -0.2) is 13.4 Å². The van der Waals surface area contributed by atoms with Crippen LogP contribution in [0.1, 0.15) is 38.4 Å². The Kier molecular flexibility index (Phi) is 7.66. The van der Waals surface area contributed by atoms with Crippen molar-refractivity contribution >= 4 is 32.3 Å². The van der Waals surface area contributed by atoms with Crippen molar-refractivity contribution in [3.05, 3.63) is 70.1 Å². The van der Waals surface area contributed by atoms with Gasteiger partial charge in [-0.3, -0.25) is 19.5 Å². The van der Waals surface area contributed by atoms with E-state index in [1.54, 1.807) is 20.0 Å². The molecule has 4 aromatic rings. The molecule has 2 aromatic carbocycles. The van der Waals surface area contributed by atoms with Crippen LogP contribution in [0.4, 0.5) is 0 Å². The Morgan fingerprint density at radius 3 is 2.55 bits per heavy atom. The predicted octanol–water partition coefficient (Wildman–Crippen LogP) is 3.78. The largest absolute Gasteiger partial charge is 0.493 e. The van der Waals surface area contributed by atoms with Crippen LogP contribution in [0.5, 0.6) is 5.75 Å². The Balaban J connectivity index is 1.69. The number of nitrogens with one attached hydrogen (secondary N) is 1. The summed E-state index contributed by atoms with van der Waals surface area (Å²) >= 11 is 0. The van der Waals surface area contributed by atoms with Crippen molar-refractivity contribution < 1.29 is 13.2 Å². The SMILES string of the molecule is CCCc1nn(C)c2c(=O)[nH]c(-c3cc(S(=O)(=O)C4C(C)=NCCN=C4c4ccccc4)ccc3OCC)nc12. The third kappa shape index (κ3) is 4.97. The summed E-state index contributed by atoms with van der Waals surface area (Å²) in [6.45, 7) is 6.76. The van der Waals surface area contributed by atoms with Crippen LogP contribution >= 0.6 is 0 Å². The van der Waals surface area contributed by atoms with Crippen molar-refractivity contribution in [2.24, 2.45) is 17.0 Å². The number of hydrogen-bond acceptors (Lipinski definition) is 8. The highest BCUT2D eigenvalue weighted by Gasteiger charge is 2.36. The maximum absolute atomic E-state index is 14.3. The molecule has 208 valence electrons. The van der Waals surface area contributed by atoms with Gasteiger partial charge >= 0.3 is 0 Å². The smallest absolute Gasteiger partial charge is 0.277 e. The molecule has 0 saturated heterocycles. The van der Waals surface area contributed by atoms with E-state index in [1.165, 1.54) is 16.8 Å². The molecule has 5 rings (SSSR count). The van der Waals surface area contributed by atoms with E-state index < -0.39 is 15.1 Å². The first-order valence-corrected chi connectivity index (χ1v) is 14.9. The molecule has 0 bridgehead atoms. The number of sulfone groups is 1. The first-order chi connectivity index (χ1) is 19.3. The Morgan fingerprint density at radius 2 is 1.82 bits per heavy atom. The van der Waals surface area contributed by atoms with Gasteiger partial charge in [0.05, 0.1) is 41.6 Å². The number of aliphatic imine (C=N–C) groups is 2. The van der Waals surface area contributed by atoms with E-state index in [9.17, 15) is 13.2 Å². The van der Waals surface area contributed by atoms with Gasteiger partial charge in [0.15, 0.2) is 15.4 Å². The number of aromatic amines is 1. The van der Waals surface area contributed by atoms with Crippen LogP contribution in [-0.4, -0.2) is 64.5 Å². The number of nitrogens with zero attached hydrogens (tertiary/aromatic N) is 5. The second-order valence-corrected chi connectivity index (χ2v) is 11.6. The standard InChI is InChI=1S/C29H32N6O4S/c1-5-10-22-25-26(35(4)34-22)29(36)33-28(32-25)21-17-20(13-14-23(21)39-6-2)40(37,38)27-18(3)30-15-16-31-24(27)19-11-8-7-9-12-19/h7-9,11-14,17,27H,5-6,10,15-16H2,1-4H3,(H,32,33,36). The van der Waals surface area contributed by atoms with E-state index >= 15 is 0 Å². The number of aromatic nitrogens is 4.